The number of sulfonamides is 1. The number of benzene rings is 1. The van der Waals surface area contributed by atoms with Gasteiger partial charge in [-0.2, -0.15) is 0 Å². The van der Waals surface area contributed by atoms with E-state index in [0.717, 1.165) is 43.2 Å². The van der Waals surface area contributed by atoms with Crippen LogP contribution < -0.4 is 10.0 Å². The number of aliphatic hydroxyl groups excluding tert-OH is 1. The summed E-state index contributed by atoms with van der Waals surface area (Å²) in [7, 11) is -3.63. The number of amides is 2. The first kappa shape index (κ1) is 21.1. The zero-order valence-corrected chi connectivity index (χ0v) is 17.3. The van der Waals surface area contributed by atoms with Crippen LogP contribution in [0.4, 0.5) is 4.79 Å². The standard InChI is InChI=1S/C20H31N3O4S/c1-15(24)9-11-21-28(26,27)19-8-7-16-10-12-23(14-17(16)13-19)20(25)22-18-5-3-2-4-6-18/h7-8,13,15,18,21,24H,2-6,9-12,14H2,1H3,(H,22,25). The first-order valence-electron chi connectivity index (χ1n) is 10.2. The lowest BCUT2D eigenvalue weighted by Gasteiger charge is -2.32. The van der Waals surface area contributed by atoms with E-state index in [2.05, 4.69) is 10.0 Å². The molecule has 1 aromatic carbocycles. The zero-order valence-electron chi connectivity index (χ0n) is 16.5. The Kier molecular flexibility index (Phi) is 6.95. The number of carbonyl (C=O) groups is 1. The Morgan fingerprint density at radius 1 is 1.25 bits per heavy atom. The van der Waals surface area contributed by atoms with Crippen LogP contribution in [-0.2, 0) is 23.0 Å². The van der Waals surface area contributed by atoms with E-state index in [-0.39, 0.29) is 23.5 Å². The predicted molar refractivity (Wildman–Crippen MR) is 107 cm³/mol. The van der Waals surface area contributed by atoms with Crippen molar-refractivity contribution in [2.45, 2.75) is 75.5 Å². The number of hydrogen-bond donors (Lipinski definition) is 3. The minimum absolute atomic E-state index is 0.0548. The Morgan fingerprint density at radius 2 is 2.00 bits per heavy atom. The lowest BCUT2D eigenvalue weighted by molar-refractivity contribution is 0.184. The number of fused-ring (bicyclic) bond motifs is 1. The molecule has 2 aliphatic rings. The van der Waals surface area contributed by atoms with Crippen LogP contribution in [0.25, 0.3) is 0 Å². The van der Waals surface area contributed by atoms with Crippen LogP contribution in [0, 0.1) is 0 Å². The number of aliphatic hydroxyl groups is 1. The predicted octanol–water partition coefficient (Wildman–Crippen LogP) is 2.14. The number of hydrogen-bond acceptors (Lipinski definition) is 4. The molecule has 0 spiro atoms. The van der Waals surface area contributed by atoms with Crippen LogP contribution in [0.5, 0.6) is 0 Å². The van der Waals surface area contributed by atoms with Crippen LogP contribution >= 0.6 is 0 Å². The average molecular weight is 410 g/mol. The summed E-state index contributed by atoms with van der Waals surface area (Å²) in [6.07, 6.45) is 6.18. The molecule has 1 aromatic rings. The van der Waals surface area contributed by atoms with Crippen LogP contribution in [0.1, 0.15) is 56.6 Å². The molecule has 3 rings (SSSR count). The monoisotopic (exact) mass is 409 g/mol. The quantitative estimate of drug-likeness (QED) is 0.670. The topological polar surface area (TPSA) is 98.7 Å². The molecule has 1 heterocycles. The second-order valence-electron chi connectivity index (χ2n) is 7.92. The lowest BCUT2D eigenvalue weighted by atomic mass is 9.95. The highest BCUT2D eigenvalue weighted by atomic mass is 32.2. The Balaban J connectivity index is 1.65. The Morgan fingerprint density at radius 3 is 2.71 bits per heavy atom. The van der Waals surface area contributed by atoms with Crippen molar-refractivity contribution < 1.29 is 18.3 Å². The maximum Gasteiger partial charge on any atom is 0.317 e. The third-order valence-electron chi connectivity index (χ3n) is 5.57. The lowest BCUT2D eigenvalue weighted by Crippen LogP contribution is -2.47. The maximum absolute atomic E-state index is 12.6. The average Bonchev–Trinajstić information content (AvgIpc) is 2.67. The van der Waals surface area contributed by atoms with Gasteiger partial charge in [-0.15, -0.1) is 0 Å². The Labute approximate surface area is 167 Å². The summed E-state index contributed by atoms with van der Waals surface area (Å²) in [5, 5.41) is 12.4. The summed E-state index contributed by atoms with van der Waals surface area (Å²) in [6, 6.07) is 5.32. The Hall–Kier alpha value is -1.64. The summed E-state index contributed by atoms with van der Waals surface area (Å²) < 4.78 is 27.5. The van der Waals surface area contributed by atoms with Crippen molar-refractivity contribution >= 4 is 16.1 Å². The fraction of sp³-hybridized carbons (Fsp3) is 0.650. The van der Waals surface area contributed by atoms with Gasteiger partial charge in [-0.05, 0) is 55.9 Å². The van der Waals surface area contributed by atoms with Crippen molar-refractivity contribution in [3.8, 4) is 0 Å². The molecular weight excluding hydrogens is 378 g/mol. The van der Waals surface area contributed by atoms with E-state index >= 15 is 0 Å². The van der Waals surface area contributed by atoms with Crippen molar-refractivity contribution in [1.29, 1.82) is 0 Å². The van der Waals surface area contributed by atoms with Gasteiger partial charge in [0.25, 0.3) is 0 Å². The number of carbonyl (C=O) groups excluding carboxylic acids is 1. The molecule has 0 aromatic heterocycles. The molecule has 0 saturated heterocycles. The van der Waals surface area contributed by atoms with Crippen molar-refractivity contribution in [2.24, 2.45) is 0 Å². The zero-order chi connectivity index (χ0) is 20.1. The van der Waals surface area contributed by atoms with Gasteiger partial charge >= 0.3 is 6.03 Å². The van der Waals surface area contributed by atoms with Gasteiger partial charge in [-0.1, -0.05) is 25.3 Å². The van der Waals surface area contributed by atoms with Gasteiger partial charge in [0.1, 0.15) is 0 Å². The molecular formula is C20H31N3O4S. The summed E-state index contributed by atoms with van der Waals surface area (Å²) in [6.45, 7) is 2.88. The first-order valence-corrected chi connectivity index (χ1v) is 11.7. The molecule has 1 unspecified atom stereocenters. The van der Waals surface area contributed by atoms with E-state index in [0.29, 0.717) is 19.5 Å². The van der Waals surface area contributed by atoms with Gasteiger partial charge < -0.3 is 15.3 Å². The van der Waals surface area contributed by atoms with Gasteiger partial charge in [0.05, 0.1) is 11.0 Å². The molecule has 1 saturated carbocycles. The molecule has 1 aliphatic carbocycles. The molecule has 1 atom stereocenters. The third kappa shape index (κ3) is 5.46. The van der Waals surface area contributed by atoms with Gasteiger partial charge in [0.2, 0.25) is 10.0 Å². The minimum Gasteiger partial charge on any atom is -0.393 e. The number of nitrogens with zero attached hydrogens (tertiary/aromatic N) is 1. The molecule has 1 aliphatic heterocycles. The first-order chi connectivity index (χ1) is 13.3. The minimum atomic E-state index is -3.63. The van der Waals surface area contributed by atoms with Crippen LogP contribution in [0.2, 0.25) is 0 Å². The van der Waals surface area contributed by atoms with E-state index in [9.17, 15) is 18.3 Å². The van der Waals surface area contributed by atoms with E-state index in [1.54, 1.807) is 24.0 Å². The molecule has 156 valence electrons. The molecule has 0 bridgehead atoms. The second kappa shape index (κ2) is 9.24. The van der Waals surface area contributed by atoms with Crippen molar-refractivity contribution in [3.05, 3.63) is 29.3 Å². The fourth-order valence-corrected chi connectivity index (χ4v) is 4.97. The maximum atomic E-state index is 12.6. The van der Waals surface area contributed by atoms with E-state index in [1.807, 2.05) is 6.07 Å². The molecule has 3 N–H and O–H groups in total. The second-order valence-corrected chi connectivity index (χ2v) is 9.69. The van der Waals surface area contributed by atoms with Crippen molar-refractivity contribution in [3.63, 3.8) is 0 Å². The van der Waals surface area contributed by atoms with Crippen molar-refractivity contribution in [1.82, 2.24) is 14.9 Å². The Bertz CT molecular complexity index is 789. The summed E-state index contributed by atoms with van der Waals surface area (Å²) in [5.74, 6) is 0. The highest BCUT2D eigenvalue weighted by molar-refractivity contribution is 7.89. The van der Waals surface area contributed by atoms with Crippen molar-refractivity contribution in [2.75, 3.05) is 13.1 Å². The van der Waals surface area contributed by atoms with Crippen LogP contribution in [0.3, 0.4) is 0 Å². The van der Waals surface area contributed by atoms with Gasteiger partial charge in [-0.3, -0.25) is 0 Å². The highest BCUT2D eigenvalue weighted by Gasteiger charge is 2.25. The molecule has 2 amide bonds. The van der Waals surface area contributed by atoms with Crippen LogP contribution in [-0.4, -0.2) is 49.7 Å². The number of rotatable bonds is 6. The van der Waals surface area contributed by atoms with Gasteiger partial charge in [0.15, 0.2) is 0 Å². The third-order valence-corrected chi connectivity index (χ3v) is 7.03. The van der Waals surface area contributed by atoms with E-state index < -0.39 is 16.1 Å². The molecule has 8 heteroatoms. The summed E-state index contributed by atoms with van der Waals surface area (Å²) in [4.78, 5) is 14.6. The molecule has 0 radical (unpaired) electrons. The fourth-order valence-electron chi connectivity index (χ4n) is 3.87. The SMILES string of the molecule is CC(O)CCNS(=O)(=O)c1ccc2c(c1)CN(C(=O)NC1CCCCC1)CC2. The number of urea groups is 1. The smallest absolute Gasteiger partial charge is 0.317 e. The normalized spacial score (nSPS) is 19.1. The molecule has 28 heavy (non-hydrogen) atoms. The summed E-state index contributed by atoms with van der Waals surface area (Å²) >= 11 is 0. The summed E-state index contributed by atoms with van der Waals surface area (Å²) in [5.41, 5.74) is 1.97. The highest BCUT2D eigenvalue weighted by Crippen LogP contribution is 2.23. The molecule has 7 nitrogen and oxygen atoms in total. The van der Waals surface area contributed by atoms with Gasteiger partial charge in [-0.25, -0.2) is 17.9 Å². The van der Waals surface area contributed by atoms with E-state index in [1.165, 1.54) is 6.42 Å². The number of nitrogens with one attached hydrogen (secondary N) is 2. The molecule has 1 fully saturated rings. The van der Waals surface area contributed by atoms with Crippen LogP contribution in [0.15, 0.2) is 23.1 Å². The largest absolute Gasteiger partial charge is 0.393 e. The van der Waals surface area contributed by atoms with E-state index in [4.69, 9.17) is 0 Å². The van der Waals surface area contributed by atoms with Gasteiger partial charge in [0, 0.05) is 25.7 Å².